The zero-order chi connectivity index (χ0) is 18.5. The van der Waals surface area contributed by atoms with Gasteiger partial charge in [-0.1, -0.05) is 36.8 Å². The zero-order valence-electron chi connectivity index (χ0n) is 15.3. The van der Waals surface area contributed by atoms with E-state index in [9.17, 15) is 9.59 Å². The summed E-state index contributed by atoms with van der Waals surface area (Å²) >= 11 is 0. The minimum Gasteiger partial charge on any atom is -0.384 e. The van der Waals surface area contributed by atoms with Crippen LogP contribution in [-0.4, -0.2) is 30.9 Å². The second-order valence-corrected chi connectivity index (χ2v) is 6.59. The summed E-state index contributed by atoms with van der Waals surface area (Å²) in [6.07, 6.45) is 1.14. The van der Waals surface area contributed by atoms with Crippen LogP contribution in [0.25, 0.3) is 0 Å². The quantitative estimate of drug-likeness (QED) is 0.595. The molecule has 26 heavy (non-hydrogen) atoms. The van der Waals surface area contributed by atoms with Crippen molar-refractivity contribution in [3.05, 3.63) is 59.7 Å². The molecule has 0 saturated carbocycles. The summed E-state index contributed by atoms with van der Waals surface area (Å²) in [7, 11) is 0. The molecular formula is C21H25N3O2. The van der Waals surface area contributed by atoms with Crippen LogP contribution in [0.1, 0.15) is 24.5 Å². The van der Waals surface area contributed by atoms with Crippen LogP contribution in [0.3, 0.4) is 0 Å². The number of nitrogens with one attached hydrogen (secondary N) is 2. The van der Waals surface area contributed by atoms with Gasteiger partial charge in [0.2, 0.25) is 5.91 Å². The normalized spacial score (nSPS) is 17.0. The second-order valence-electron chi connectivity index (χ2n) is 6.59. The molecule has 3 rings (SSSR count). The molecule has 2 amide bonds. The van der Waals surface area contributed by atoms with Gasteiger partial charge >= 0.3 is 0 Å². The maximum absolute atomic E-state index is 12.6. The Hall–Kier alpha value is -2.66. The fraction of sp³-hybridized carbons (Fsp3) is 0.333. The number of rotatable bonds is 7. The molecule has 0 aromatic heterocycles. The van der Waals surface area contributed by atoms with Crippen LogP contribution in [0, 0.1) is 6.92 Å². The summed E-state index contributed by atoms with van der Waals surface area (Å²) in [6, 6.07) is 15.3. The number of carbonyl (C=O) groups is 2. The average molecular weight is 351 g/mol. The van der Waals surface area contributed by atoms with Crippen molar-refractivity contribution in [2.45, 2.75) is 32.7 Å². The molecule has 1 atom stereocenters. The second kappa shape index (κ2) is 8.15. The molecule has 1 fully saturated rings. The van der Waals surface area contributed by atoms with E-state index in [4.69, 9.17) is 0 Å². The number of imide groups is 1. The van der Waals surface area contributed by atoms with Crippen LogP contribution >= 0.6 is 0 Å². The number of anilines is 2. The average Bonchev–Trinajstić information content (AvgIpc) is 2.94. The summed E-state index contributed by atoms with van der Waals surface area (Å²) in [4.78, 5) is 26.2. The number of benzene rings is 2. The van der Waals surface area contributed by atoms with Crippen LogP contribution in [-0.2, 0) is 16.0 Å². The minimum absolute atomic E-state index is 0.150. The molecule has 0 radical (unpaired) electrons. The van der Waals surface area contributed by atoms with Gasteiger partial charge in [0.05, 0.1) is 18.2 Å². The largest absolute Gasteiger partial charge is 0.384 e. The van der Waals surface area contributed by atoms with E-state index in [-0.39, 0.29) is 18.2 Å². The molecule has 0 spiro atoms. The Kier molecular flexibility index (Phi) is 5.68. The van der Waals surface area contributed by atoms with E-state index < -0.39 is 6.04 Å². The molecule has 1 unspecified atom stereocenters. The SMILES string of the molecule is CCc1ccc(N2C(=O)CC(NCCNc3ccc(C)cc3)C2=O)cc1. The first-order valence-electron chi connectivity index (χ1n) is 9.08. The predicted molar refractivity (Wildman–Crippen MR) is 104 cm³/mol. The highest BCUT2D eigenvalue weighted by atomic mass is 16.2. The Balaban J connectivity index is 1.52. The van der Waals surface area contributed by atoms with E-state index >= 15 is 0 Å². The van der Waals surface area contributed by atoms with Gasteiger partial charge in [-0.25, -0.2) is 4.90 Å². The van der Waals surface area contributed by atoms with Gasteiger partial charge in [-0.3, -0.25) is 9.59 Å². The van der Waals surface area contributed by atoms with Crippen LogP contribution in [0.15, 0.2) is 48.5 Å². The third-order valence-electron chi connectivity index (χ3n) is 4.65. The van der Waals surface area contributed by atoms with E-state index in [0.717, 1.165) is 12.1 Å². The lowest BCUT2D eigenvalue weighted by molar-refractivity contribution is -0.121. The molecule has 2 aromatic carbocycles. The molecule has 0 aliphatic carbocycles. The molecule has 0 bridgehead atoms. The van der Waals surface area contributed by atoms with E-state index in [2.05, 4.69) is 36.6 Å². The third-order valence-corrected chi connectivity index (χ3v) is 4.65. The highest BCUT2D eigenvalue weighted by Gasteiger charge is 2.39. The van der Waals surface area contributed by atoms with Gasteiger partial charge in [0.25, 0.3) is 5.91 Å². The number of hydrogen-bond donors (Lipinski definition) is 2. The summed E-state index contributed by atoms with van der Waals surface area (Å²) in [5.74, 6) is -0.321. The molecule has 5 heteroatoms. The van der Waals surface area contributed by atoms with Crippen LogP contribution < -0.4 is 15.5 Å². The lowest BCUT2D eigenvalue weighted by atomic mass is 10.1. The van der Waals surface area contributed by atoms with Gasteiger partial charge in [-0.05, 0) is 43.2 Å². The van der Waals surface area contributed by atoms with Gasteiger partial charge < -0.3 is 10.6 Å². The van der Waals surface area contributed by atoms with Gasteiger partial charge in [-0.15, -0.1) is 0 Å². The first kappa shape index (κ1) is 18.1. The van der Waals surface area contributed by atoms with Crippen molar-refractivity contribution in [2.75, 3.05) is 23.3 Å². The fourth-order valence-corrected chi connectivity index (χ4v) is 3.07. The summed E-state index contributed by atoms with van der Waals surface area (Å²) in [5.41, 5.74) is 4.10. The van der Waals surface area contributed by atoms with Gasteiger partial charge in [0.1, 0.15) is 0 Å². The van der Waals surface area contributed by atoms with Crippen molar-refractivity contribution >= 4 is 23.2 Å². The van der Waals surface area contributed by atoms with E-state index in [1.807, 2.05) is 36.4 Å². The van der Waals surface area contributed by atoms with Crippen molar-refractivity contribution in [1.29, 1.82) is 0 Å². The van der Waals surface area contributed by atoms with Crippen molar-refractivity contribution in [2.24, 2.45) is 0 Å². The standard InChI is InChI=1S/C21H25N3O2/c1-3-16-6-10-18(11-7-16)24-20(25)14-19(21(24)26)23-13-12-22-17-8-4-15(2)5-9-17/h4-11,19,22-23H,3,12-14H2,1-2H3. The van der Waals surface area contributed by atoms with Crippen molar-refractivity contribution in [3.63, 3.8) is 0 Å². The van der Waals surface area contributed by atoms with E-state index in [0.29, 0.717) is 18.8 Å². The lowest BCUT2D eigenvalue weighted by Crippen LogP contribution is -2.40. The zero-order valence-corrected chi connectivity index (χ0v) is 15.3. The lowest BCUT2D eigenvalue weighted by Gasteiger charge is -2.16. The van der Waals surface area contributed by atoms with Gasteiger partial charge in [0, 0.05) is 18.8 Å². The summed E-state index contributed by atoms with van der Waals surface area (Å²) in [6.45, 7) is 5.42. The van der Waals surface area contributed by atoms with Crippen LogP contribution in [0.4, 0.5) is 11.4 Å². The molecular weight excluding hydrogens is 326 g/mol. The Morgan fingerprint density at radius 3 is 2.35 bits per heavy atom. The molecule has 2 N–H and O–H groups in total. The molecule has 1 aliphatic heterocycles. The van der Waals surface area contributed by atoms with E-state index in [1.165, 1.54) is 16.0 Å². The minimum atomic E-state index is -0.451. The van der Waals surface area contributed by atoms with Crippen LogP contribution in [0.5, 0.6) is 0 Å². The van der Waals surface area contributed by atoms with Gasteiger partial charge in [-0.2, -0.15) is 0 Å². The topological polar surface area (TPSA) is 61.4 Å². The molecule has 1 heterocycles. The number of hydrogen-bond acceptors (Lipinski definition) is 4. The molecule has 136 valence electrons. The summed E-state index contributed by atoms with van der Waals surface area (Å²) < 4.78 is 0. The van der Waals surface area contributed by atoms with E-state index in [1.54, 1.807) is 0 Å². The Bertz CT molecular complexity index is 769. The fourth-order valence-electron chi connectivity index (χ4n) is 3.07. The highest BCUT2D eigenvalue weighted by molar-refractivity contribution is 6.22. The smallest absolute Gasteiger partial charge is 0.251 e. The molecule has 2 aromatic rings. The van der Waals surface area contributed by atoms with Crippen molar-refractivity contribution < 1.29 is 9.59 Å². The van der Waals surface area contributed by atoms with Crippen molar-refractivity contribution in [3.8, 4) is 0 Å². The Morgan fingerprint density at radius 2 is 1.69 bits per heavy atom. The molecule has 5 nitrogen and oxygen atoms in total. The monoisotopic (exact) mass is 351 g/mol. The first-order chi connectivity index (χ1) is 12.6. The maximum Gasteiger partial charge on any atom is 0.251 e. The first-order valence-corrected chi connectivity index (χ1v) is 9.08. The Labute approximate surface area is 154 Å². The number of nitrogens with zero attached hydrogens (tertiary/aromatic N) is 1. The van der Waals surface area contributed by atoms with Gasteiger partial charge in [0.15, 0.2) is 0 Å². The number of carbonyl (C=O) groups excluding carboxylic acids is 2. The highest BCUT2D eigenvalue weighted by Crippen LogP contribution is 2.23. The maximum atomic E-state index is 12.6. The summed E-state index contributed by atoms with van der Waals surface area (Å²) in [5, 5.41) is 6.50. The predicted octanol–water partition coefficient (Wildman–Crippen LogP) is 2.89. The van der Waals surface area contributed by atoms with Crippen molar-refractivity contribution in [1.82, 2.24) is 5.32 Å². The third kappa shape index (κ3) is 4.11. The Morgan fingerprint density at radius 1 is 1.00 bits per heavy atom. The number of aryl methyl sites for hydroxylation is 2. The van der Waals surface area contributed by atoms with Crippen LogP contribution in [0.2, 0.25) is 0 Å². The number of amides is 2. The molecule has 1 saturated heterocycles. The molecule has 1 aliphatic rings.